The predicted octanol–water partition coefficient (Wildman–Crippen LogP) is 11.9. The molecule has 10 rings (SSSR count). The molecule has 0 aliphatic carbocycles. The van der Waals surface area contributed by atoms with Crippen molar-refractivity contribution in [2.75, 3.05) is 19.8 Å². The Morgan fingerprint density at radius 3 is 1.25 bits per heavy atom. The number of hydrogen-bond acceptors (Lipinski definition) is 15. The first-order valence-corrected chi connectivity index (χ1v) is 33.0. The molecular formula is C76H91BrN7NaO11. The fraction of sp³-hybridized carbons (Fsp3) is 0.342. The van der Waals surface area contributed by atoms with Crippen LogP contribution in [-0.4, -0.2) is 114 Å². The third-order valence-electron chi connectivity index (χ3n) is 14.3. The van der Waals surface area contributed by atoms with Gasteiger partial charge in [-0.3, -0.25) is 19.5 Å². The number of nitrogens with one attached hydrogen (secondary N) is 1. The first kappa shape index (κ1) is 78.9. The fourth-order valence-electron chi connectivity index (χ4n) is 9.14. The number of halogens is 1. The molecular weight excluding hydrogens is 1290 g/mol. The molecule has 504 valence electrons. The van der Waals surface area contributed by atoms with Crippen molar-refractivity contribution >= 4 is 45.5 Å². The van der Waals surface area contributed by atoms with Crippen LogP contribution in [0, 0.1) is 0 Å². The van der Waals surface area contributed by atoms with Crippen molar-refractivity contribution in [3.8, 4) is 33.4 Å². The van der Waals surface area contributed by atoms with Gasteiger partial charge in [-0.05, 0) is 117 Å². The molecule has 6 aromatic carbocycles. The number of nitrogens with zero attached hydrogens (tertiary/aromatic N) is 5. The van der Waals surface area contributed by atoms with Gasteiger partial charge in [0.1, 0.15) is 29.5 Å². The van der Waals surface area contributed by atoms with Crippen LogP contribution < -0.4 is 35.3 Å². The van der Waals surface area contributed by atoms with Crippen molar-refractivity contribution in [3.05, 3.63) is 234 Å². The van der Waals surface area contributed by atoms with Crippen LogP contribution in [-0.2, 0) is 75.9 Å². The largest absolute Gasteiger partial charge is 1.00 e. The Morgan fingerprint density at radius 1 is 0.531 bits per heavy atom. The van der Waals surface area contributed by atoms with Gasteiger partial charge in [0.05, 0.1) is 31.8 Å². The van der Waals surface area contributed by atoms with E-state index in [4.69, 9.17) is 29.4 Å². The van der Waals surface area contributed by atoms with Gasteiger partial charge >= 0.3 is 41.7 Å². The number of alkyl halides is 1. The molecule has 3 atom stereocenters. The Morgan fingerprint density at radius 2 is 0.917 bits per heavy atom. The molecule has 9 aromatic rings. The summed E-state index contributed by atoms with van der Waals surface area (Å²) in [7, 11) is 0. The fourth-order valence-corrected chi connectivity index (χ4v) is 9.52. The molecule has 1 fully saturated rings. The van der Waals surface area contributed by atoms with Gasteiger partial charge in [0.25, 0.3) is 0 Å². The summed E-state index contributed by atoms with van der Waals surface area (Å²) in [6.45, 7) is 17.5. The average Bonchev–Trinajstić information content (AvgIpc) is 1.74. The zero-order valence-corrected chi connectivity index (χ0v) is 60.3. The number of H-pyrrole nitrogens is 1. The summed E-state index contributed by atoms with van der Waals surface area (Å²) in [6.07, 6.45) is 11.5. The van der Waals surface area contributed by atoms with Gasteiger partial charge in [0, 0.05) is 79.6 Å². The van der Waals surface area contributed by atoms with E-state index in [9.17, 15) is 29.1 Å². The van der Waals surface area contributed by atoms with Gasteiger partial charge in [0.2, 0.25) is 0 Å². The average molecular weight is 1380 g/mol. The number of carbonyl (C=O) groups excluding carboxylic acids is 5. The maximum Gasteiger partial charge on any atom is 1.00 e. The van der Waals surface area contributed by atoms with Gasteiger partial charge in [0.15, 0.2) is 17.3 Å². The number of rotatable bonds is 22. The number of Topliss-reactive ketones (excluding diaryl/α,β-unsaturated/α-hetero) is 3. The number of aromatic amines is 1. The minimum absolute atomic E-state index is 0. The smallest absolute Gasteiger partial charge is 1.00 e. The van der Waals surface area contributed by atoms with E-state index in [1.165, 1.54) is 23.1 Å². The summed E-state index contributed by atoms with van der Waals surface area (Å²) in [5, 5.41) is 25.4. The molecule has 0 radical (unpaired) electrons. The van der Waals surface area contributed by atoms with Crippen molar-refractivity contribution in [1.82, 2.24) is 29.8 Å². The van der Waals surface area contributed by atoms with Gasteiger partial charge in [-0.15, -0.1) is 0 Å². The molecule has 0 spiro atoms. The molecule has 1 aliphatic heterocycles. The topological polar surface area (TPSA) is 242 Å². The molecule has 0 saturated carbocycles. The van der Waals surface area contributed by atoms with Crippen LogP contribution in [0.3, 0.4) is 0 Å². The summed E-state index contributed by atoms with van der Waals surface area (Å²) in [4.78, 5) is 61.1. The summed E-state index contributed by atoms with van der Waals surface area (Å²) in [5.41, 5.74) is 16.1. The number of ketones is 3. The van der Waals surface area contributed by atoms with E-state index in [1.54, 1.807) is 58.7 Å². The molecule has 3 unspecified atom stereocenters. The van der Waals surface area contributed by atoms with Gasteiger partial charge in [-0.25, -0.2) is 9.59 Å². The van der Waals surface area contributed by atoms with E-state index in [2.05, 4.69) is 48.5 Å². The summed E-state index contributed by atoms with van der Waals surface area (Å²) in [6, 6.07) is 52.8. The third-order valence-corrected chi connectivity index (χ3v) is 14.9. The Hall–Kier alpha value is -7.82. The second-order valence-corrected chi connectivity index (χ2v) is 25.0. The number of aliphatic hydroxyl groups is 1. The molecule has 1 aliphatic rings. The van der Waals surface area contributed by atoms with Crippen LogP contribution >= 0.6 is 15.9 Å². The van der Waals surface area contributed by atoms with Crippen molar-refractivity contribution < 1.29 is 83.7 Å². The minimum Gasteiger partial charge on any atom is -1.00 e. The van der Waals surface area contributed by atoms with E-state index in [-0.39, 0.29) is 61.3 Å². The SMILES string of the molecule is BrCc1ccccc1.C1CCOC1.CCC(O)C(=O)Cc1ccc(-c2cnn(C(=O)OC(C)(C)C)c2)cc1.CCC(OCc1ccccc1)C(=O)Cc1ccc(-c2cnn(C(=O)OC(C)(C)C)c2)cc1.NCC(OCc1ccccc1)C(=O)Cc1ccc(-c2cn[nH]c2)cc1.[H-].[Na+]. The van der Waals surface area contributed by atoms with Crippen LogP contribution in [0.2, 0.25) is 0 Å². The van der Waals surface area contributed by atoms with E-state index in [0.717, 1.165) is 84.4 Å². The third kappa shape index (κ3) is 28.5. The van der Waals surface area contributed by atoms with Crippen molar-refractivity contribution in [2.24, 2.45) is 5.73 Å². The van der Waals surface area contributed by atoms with Crippen LogP contribution in [0.1, 0.15) is 116 Å². The Kier molecular flexibility index (Phi) is 33.9. The maximum absolute atomic E-state index is 12.7. The molecule has 1 saturated heterocycles. The van der Waals surface area contributed by atoms with Crippen molar-refractivity contribution in [2.45, 2.75) is 148 Å². The first-order valence-electron chi connectivity index (χ1n) is 31.9. The van der Waals surface area contributed by atoms with Crippen LogP contribution in [0.4, 0.5) is 9.59 Å². The number of aromatic nitrogens is 6. The number of ether oxygens (including phenoxy) is 5. The first-order chi connectivity index (χ1) is 45.6. The van der Waals surface area contributed by atoms with Gasteiger partial charge in [-0.1, -0.05) is 194 Å². The molecule has 0 amide bonds. The Labute approximate surface area is 596 Å². The van der Waals surface area contributed by atoms with E-state index >= 15 is 0 Å². The second-order valence-electron chi connectivity index (χ2n) is 24.4. The number of hydrogen-bond donors (Lipinski definition) is 3. The zero-order valence-electron chi connectivity index (χ0n) is 57.7. The quantitative estimate of drug-likeness (QED) is 0.0422. The molecule has 96 heavy (non-hydrogen) atoms. The maximum atomic E-state index is 12.7. The van der Waals surface area contributed by atoms with Crippen molar-refractivity contribution in [3.63, 3.8) is 0 Å². The number of nitrogens with two attached hydrogens (primary N) is 1. The second kappa shape index (κ2) is 41.3. The summed E-state index contributed by atoms with van der Waals surface area (Å²) >= 11 is 3.36. The normalized spacial score (nSPS) is 12.6. The molecule has 20 heteroatoms. The molecule has 0 bridgehead atoms. The number of benzene rings is 6. The molecule has 18 nitrogen and oxygen atoms in total. The standard InChI is InChI=1S/C26H30N2O4.C20H21N3O2.C19H24N2O4.C7H7Br.C4H8O.Na.H/c1-5-24(31-18-20-9-7-6-8-10-20)23(29)15-19-11-13-21(14-12-19)22-16-27-28(17-22)25(30)32-26(2,3)4;21-11-20(25-14-16-4-2-1-3-5-16)19(24)10-15-6-8-17(9-7-15)18-12-22-23-13-18;1-5-16(22)17(23)10-13-6-8-14(9-7-13)15-11-20-21(12-15)18(24)25-19(2,3)4;8-6-7-4-2-1-3-5-7;1-2-4-5-3-1;;/h6-14,16-17,24H,5,15,18H2,1-4H3;1-9,12-13,20H,10-11,14,21H2,(H,22,23);6-9,11-12,16,22H,5,10H2,1-4H3;1-5H,6H2;1-4H2;;/q;;;;;+1;-1. The Balaban J connectivity index is 0.000000281. The monoisotopic (exact) mass is 1380 g/mol. The van der Waals surface area contributed by atoms with Gasteiger partial charge in [-0.2, -0.15) is 24.7 Å². The Bertz CT molecular complexity index is 3700. The van der Waals surface area contributed by atoms with E-state index < -0.39 is 41.7 Å². The van der Waals surface area contributed by atoms with Crippen LogP contribution in [0.25, 0.3) is 33.4 Å². The molecule has 4 N–H and O–H groups in total. The summed E-state index contributed by atoms with van der Waals surface area (Å²) in [5.74, 6) is -0.128. The minimum atomic E-state index is -0.910. The van der Waals surface area contributed by atoms with E-state index in [1.807, 2.05) is 186 Å². The molecule has 3 aromatic heterocycles. The zero-order chi connectivity index (χ0) is 68.6. The van der Waals surface area contributed by atoms with Crippen LogP contribution in [0.5, 0.6) is 0 Å². The van der Waals surface area contributed by atoms with E-state index in [0.29, 0.717) is 38.9 Å². The van der Waals surface area contributed by atoms with Crippen LogP contribution in [0.15, 0.2) is 201 Å². The summed E-state index contributed by atoms with van der Waals surface area (Å²) < 4.78 is 29.5. The number of carbonyl (C=O) groups is 5. The van der Waals surface area contributed by atoms with Crippen molar-refractivity contribution in [1.29, 1.82) is 0 Å². The van der Waals surface area contributed by atoms with Gasteiger partial charge < -0.3 is 36.0 Å². The molecule has 4 heterocycles. The number of aliphatic hydroxyl groups excluding tert-OH is 1. The predicted molar refractivity (Wildman–Crippen MR) is 375 cm³/mol.